The molecule has 1 fully saturated rings. The van der Waals surface area contributed by atoms with E-state index in [0.717, 1.165) is 20.0 Å². The summed E-state index contributed by atoms with van der Waals surface area (Å²) in [6.45, 7) is 0. The summed E-state index contributed by atoms with van der Waals surface area (Å²) in [5.74, 6) is -0.317. The van der Waals surface area contributed by atoms with Crippen LogP contribution in [0.25, 0.3) is 9.40 Å². The highest BCUT2D eigenvalue weighted by Crippen LogP contribution is 2.42. The first-order valence-electron chi connectivity index (χ1n) is 12.6. The maximum atomic E-state index is 13.9. The number of thiophene rings is 1. The molecular formula is C30H23ClN2O4S4. The van der Waals surface area contributed by atoms with E-state index in [-0.39, 0.29) is 28.3 Å². The number of benzene rings is 2. The van der Waals surface area contributed by atoms with E-state index in [0.29, 0.717) is 21.6 Å². The molecule has 41 heavy (non-hydrogen) atoms. The number of hydrogen-bond donors (Lipinski definition) is 1. The van der Waals surface area contributed by atoms with Crippen molar-refractivity contribution in [2.24, 2.45) is 5.73 Å². The van der Waals surface area contributed by atoms with Gasteiger partial charge in [-0.1, -0.05) is 72.4 Å². The largest absolute Gasteiger partial charge is 0.448 e. The molecule has 2 aliphatic heterocycles. The highest BCUT2D eigenvalue weighted by atomic mass is 35.5. The molecule has 1 saturated heterocycles. The summed E-state index contributed by atoms with van der Waals surface area (Å²) >= 11 is 12.0. The summed E-state index contributed by atoms with van der Waals surface area (Å²) in [5, 5.41) is 3.41. The molecule has 2 aliphatic rings. The van der Waals surface area contributed by atoms with Gasteiger partial charge in [0.2, 0.25) is 11.3 Å². The van der Waals surface area contributed by atoms with Gasteiger partial charge in [-0.15, -0.1) is 46.0 Å². The van der Waals surface area contributed by atoms with Crippen LogP contribution < -0.4 is 11.2 Å². The van der Waals surface area contributed by atoms with Crippen LogP contribution in [0.1, 0.15) is 22.8 Å². The monoisotopic (exact) mass is 638 g/mol. The molecule has 4 heterocycles. The summed E-state index contributed by atoms with van der Waals surface area (Å²) in [7, 11) is 0. The maximum absolute atomic E-state index is 13.9. The van der Waals surface area contributed by atoms with Crippen LogP contribution in [0.4, 0.5) is 0 Å². The van der Waals surface area contributed by atoms with Crippen LogP contribution in [-0.2, 0) is 20.2 Å². The summed E-state index contributed by atoms with van der Waals surface area (Å²) in [5.41, 5.74) is 9.09. The van der Waals surface area contributed by atoms with Crippen LogP contribution in [0, 0.1) is 0 Å². The van der Waals surface area contributed by atoms with E-state index in [1.807, 2.05) is 83.6 Å². The number of carbonyl (C=O) groups excluding carboxylic acids is 2. The predicted octanol–water partition coefficient (Wildman–Crippen LogP) is 6.50. The van der Waals surface area contributed by atoms with Gasteiger partial charge in [0, 0.05) is 11.3 Å². The van der Waals surface area contributed by atoms with E-state index >= 15 is 0 Å². The van der Waals surface area contributed by atoms with Crippen LogP contribution in [0.3, 0.4) is 0 Å². The summed E-state index contributed by atoms with van der Waals surface area (Å²) < 4.78 is 8.57. The molecule has 6 rings (SSSR count). The minimum absolute atomic E-state index is 0.0489. The standard InChI is InChI=1S/C30H23ClN2O4S4/c31-15-20-24(34)26-21(12-14-38-26)41-30(20)39-13-11-19-16-40-28-22(32)27(35)33(28)23(19)29(36)37-25(17-7-3-1-4-8-17)18-9-5-2-6-10-18/h1-14,22,25,28H,15-16,32H2/t22-,28-/m1/s1. The molecule has 0 aliphatic carbocycles. The normalized spacial score (nSPS) is 18.7. The number of esters is 1. The van der Waals surface area contributed by atoms with E-state index in [1.165, 1.54) is 51.1 Å². The van der Waals surface area contributed by atoms with E-state index in [2.05, 4.69) is 0 Å². The number of carbonyl (C=O) groups is 2. The smallest absolute Gasteiger partial charge is 0.356 e. The molecule has 2 aromatic heterocycles. The molecule has 0 saturated carbocycles. The van der Waals surface area contributed by atoms with Crippen molar-refractivity contribution in [2.45, 2.75) is 27.6 Å². The molecule has 6 nitrogen and oxygen atoms in total. The fourth-order valence-corrected chi connectivity index (χ4v) is 9.62. The first kappa shape index (κ1) is 28.3. The number of nitrogens with two attached hydrogens (primary N) is 1. The molecule has 0 spiro atoms. The molecule has 1 amide bonds. The van der Waals surface area contributed by atoms with Crippen LogP contribution in [0.5, 0.6) is 0 Å². The minimum Gasteiger partial charge on any atom is -0.448 e. The first-order valence-corrected chi connectivity index (χ1v) is 16.8. The Morgan fingerprint density at radius 3 is 2.44 bits per heavy atom. The quantitative estimate of drug-likeness (QED) is 0.102. The second-order valence-corrected chi connectivity index (χ2v) is 13.8. The van der Waals surface area contributed by atoms with Crippen molar-refractivity contribution in [2.75, 3.05) is 5.75 Å². The lowest BCUT2D eigenvalue weighted by Gasteiger charge is -2.48. The number of ether oxygens (including phenoxy) is 1. The summed E-state index contributed by atoms with van der Waals surface area (Å²) in [6, 6.07) is 20.3. The number of thioether (sulfide) groups is 2. The van der Waals surface area contributed by atoms with Gasteiger partial charge in [-0.3, -0.25) is 14.5 Å². The van der Waals surface area contributed by atoms with Gasteiger partial charge < -0.3 is 10.5 Å². The second-order valence-electron chi connectivity index (χ2n) is 9.28. The van der Waals surface area contributed by atoms with Gasteiger partial charge in [0.05, 0.1) is 19.5 Å². The van der Waals surface area contributed by atoms with Crippen LogP contribution in [-0.4, -0.2) is 33.9 Å². The molecule has 0 unspecified atom stereocenters. The molecule has 11 heteroatoms. The number of allylic oxidation sites excluding steroid dienone is 1. The number of β-lactam (4-membered cyclic amide) rings is 1. The molecule has 208 valence electrons. The van der Waals surface area contributed by atoms with E-state index in [9.17, 15) is 14.4 Å². The van der Waals surface area contributed by atoms with Crippen LogP contribution in [0.2, 0.25) is 0 Å². The SMILES string of the molecule is N[C@@H]1C(=O)N2C(C(=O)OC(c3ccccc3)c3ccccc3)=C(C=CSc3sc4ccsc4c(=O)c3CCl)CS[C@H]12. The summed E-state index contributed by atoms with van der Waals surface area (Å²) in [6.07, 6.45) is 1.16. The highest BCUT2D eigenvalue weighted by Gasteiger charge is 2.52. The Morgan fingerprint density at radius 2 is 1.78 bits per heavy atom. The lowest BCUT2D eigenvalue weighted by atomic mass is 10.0. The number of amides is 1. The Kier molecular flexibility index (Phi) is 8.39. The van der Waals surface area contributed by atoms with Gasteiger partial charge in [-0.05, 0) is 39.6 Å². The number of hydrogen-bond acceptors (Lipinski definition) is 9. The van der Waals surface area contributed by atoms with Gasteiger partial charge in [-0.25, -0.2) is 4.79 Å². The van der Waals surface area contributed by atoms with Crippen LogP contribution >= 0.6 is 57.8 Å². The van der Waals surface area contributed by atoms with Gasteiger partial charge in [0.25, 0.3) is 0 Å². The number of nitrogens with zero attached hydrogens (tertiary/aromatic N) is 1. The molecule has 0 radical (unpaired) electrons. The predicted molar refractivity (Wildman–Crippen MR) is 169 cm³/mol. The van der Waals surface area contributed by atoms with Crippen molar-refractivity contribution in [3.05, 3.63) is 122 Å². The van der Waals surface area contributed by atoms with E-state index in [1.54, 1.807) is 0 Å². The highest BCUT2D eigenvalue weighted by molar-refractivity contribution is 8.04. The Bertz CT molecular complexity index is 1700. The molecule has 2 N–H and O–H groups in total. The van der Waals surface area contributed by atoms with E-state index < -0.39 is 18.1 Å². The van der Waals surface area contributed by atoms with Crippen molar-refractivity contribution < 1.29 is 14.3 Å². The third kappa shape index (κ3) is 5.40. The van der Waals surface area contributed by atoms with Crippen molar-refractivity contribution in [3.63, 3.8) is 0 Å². The van der Waals surface area contributed by atoms with Gasteiger partial charge >= 0.3 is 5.97 Å². The Balaban J connectivity index is 1.34. The average molecular weight is 639 g/mol. The number of rotatable bonds is 8. The number of halogens is 1. The molecule has 2 atom stereocenters. The third-order valence-corrected chi connectivity index (χ3v) is 11.7. The lowest BCUT2D eigenvalue weighted by Crippen LogP contribution is -2.68. The summed E-state index contributed by atoms with van der Waals surface area (Å²) in [4.78, 5) is 41.1. The Hall–Kier alpha value is -2.86. The molecule has 0 bridgehead atoms. The number of fused-ring (bicyclic) bond motifs is 2. The van der Waals surface area contributed by atoms with Crippen molar-refractivity contribution in [1.82, 2.24) is 4.90 Å². The van der Waals surface area contributed by atoms with E-state index in [4.69, 9.17) is 22.1 Å². The maximum Gasteiger partial charge on any atom is 0.356 e. The molecular weight excluding hydrogens is 616 g/mol. The zero-order chi connectivity index (χ0) is 28.5. The fourth-order valence-electron chi connectivity index (χ4n) is 4.73. The fraction of sp³-hybridized carbons (Fsp3) is 0.167. The second kappa shape index (κ2) is 12.2. The zero-order valence-corrected chi connectivity index (χ0v) is 25.4. The van der Waals surface area contributed by atoms with Crippen molar-refractivity contribution >= 4 is 79.1 Å². The molecule has 2 aromatic carbocycles. The van der Waals surface area contributed by atoms with Crippen LogP contribution in [0.15, 0.2) is 104 Å². The Labute approximate surface area is 257 Å². The van der Waals surface area contributed by atoms with Gasteiger partial charge in [-0.2, -0.15) is 0 Å². The topological polar surface area (TPSA) is 89.7 Å². The third-order valence-electron chi connectivity index (χ3n) is 6.80. The van der Waals surface area contributed by atoms with Gasteiger partial charge in [0.1, 0.15) is 17.1 Å². The van der Waals surface area contributed by atoms with Crippen molar-refractivity contribution in [1.29, 1.82) is 0 Å². The first-order chi connectivity index (χ1) is 20.0. The van der Waals surface area contributed by atoms with Crippen molar-refractivity contribution in [3.8, 4) is 0 Å². The Morgan fingerprint density at radius 1 is 1.10 bits per heavy atom. The molecule has 4 aromatic rings. The average Bonchev–Trinajstić information content (AvgIpc) is 3.49. The lowest BCUT2D eigenvalue weighted by molar-refractivity contribution is -0.153. The van der Waals surface area contributed by atoms with Gasteiger partial charge in [0.15, 0.2) is 6.10 Å². The number of alkyl halides is 1. The zero-order valence-electron chi connectivity index (χ0n) is 21.4. The minimum atomic E-state index is -0.664.